The molecule has 1 aromatic carbocycles. The number of esters is 2. The highest BCUT2D eigenvalue weighted by atomic mass is 16.6. The van der Waals surface area contributed by atoms with Crippen molar-refractivity contribution in [3.8, 4) is 0 Å². The summed E-state index contributed by atoms with van der Waals surface area (Å²) in [5.41, 5.74) is 2.39. The molecule has 1 heterocycles. The molecule has 0 saturated heterocycles. The predicted octanol–water partition coefficient (Wildman–Crippen LogP) is 3.82. The predicted molar refractivity (Wildman–Crippen MR) is 101 cm³/mol. The number of ether oxygens (including phenoxy) is 2. The van der Waals surface area contributed by atoms with E-state index >= 15 is 0 Å². The molecule has 0 radical (unpaired) electrons. The van der Waals surface area contributed by atoms with Gasteiger partial charge in [-0.3, -0.25) is 14.6 Å². The van der Waals surface area contributed by atoms with Crippen molar-refractivity contribution in [2.45, 2.75) is 46.5 Å². The monoisotopic (exact) mass is 357 g/mol. The van der Waals surface area contributed by atoms with E-state index in [9.17, 15) is 9.59 Å². The number of hydrogen-bond acceptors (Lipinski definition) is 5. The molecule has 5 heteroatoms. The van der Waals surface area contributed by atoms with E-state index in [0.717, 1.165) is 22.2 Å². The van der Waals surface area contributed by atoms with E-state index in [1.165, 1.54) is 0 Å². The van der Waals surface area contributed by atoms with Gasteiger partial charge in [-0.1, -0.05) is 39.0 Å². The first-order chi connectivity index (χ1) is 12.3. The fraction of sp³-hybridized carbons (Fsp3) is 0.476. The summed E-state index contributed by atoms with van der Waals surface area (Å²) in [6.07, 6.45) is 0.162. The average Bonchev–Trinajstić information content (AvgIpc) is 2.58. The second-order valence-electron chi connectivity index (χ2n) is 7.19. The van der Waals surface area contributed by atoms with Crippen LogP contribution in [0.25, 0.3) is 10.9 Å². The Morgan fingerprint density at radius 2 is 1.62 bits per heavy atom. The second kappa shape index (κ2) is 8.30. The van der Waals surface area contributed by atoms with Crippen LogP contribution in [0.3, 0.4) is 0 Å². The van der Waals surface area contributed by atoms with E-state index in [1.807, 2.05) is 24.3 Å². The number of fused-ring (bicyclic) bond motifs is 1. The van der Waals surface area contributed by atoms with Gasteiger partial charge in [-0.25, -0.2) is 0 Å². The number of nitrogens with zero attached hydrogens (tertiary/aromatic N) is 1. The van der Waals surface area contributed by atoms with Crippen LogP contribution in [0.2, 0.25) is 0 Å². The Labute approximate surface area is 154 Å². The van der Waals surface area contributed by atoms with Crippen molar-refractivity contribution in [1.82, 2.24) is 4.98 Å². The molecule has 140 valence electrons. The van der Waals surface area contributed by atoms with E-state index in [4.69, 9.17) is 14.5 Å². The summed E-state index contributed by atoms with van der Waals surface area (Å²) in [6.45, 7) is 10.1. The zero-order valence-corrected chi connectivity index (χ0v) is 16.2. The van der Waals surface area contributed by atoms with Gasteiger partial charge in [-0.15, -0.1) is 0 Å². The highest BCUT2D eigenvalue weighted by molar-refractivity contribution is 5.95. The smallest absolute Gasteiger partial charge is 0.320 e. The Bertz CT molecular complexity index is 774. The van der Waals surface area contributed by atoms with Gasteiger partial charge in [0.05, 0.1) is 18.7 Å². The fourth-order valence-electron chi connectivity index (χ4n) is 2.90. The number of carbonyl (C=O) groups is 2. The Morgan fingerprint density at radius 1 is 1.04 bits per heavy atom. The summed E-state index contributed by atoms with van der Waals surface area (Å²) in [7, 11) is 0. The highest BCUT2D eigenvalue weighted by Gasteiger charge is 2.32. The van der Waals surface area contributed by atoms with Crippen LogP contribution in [-0.2, 0) is 30.9 Å². The van der Waals surface area contributed by atoms with E-state index < -0.39 is 17.9 Å². The van der Waals surface area contributed by atoms with Crippen molar-refractivity contribution in [2.75, 3.05) is 13.2 Å². The highest BCUT2D eigenvalue weighted by Crippen LogP contribution is 2.30. The van der Waals surface area contributed by atoms with Crippen LogP contribution in [0, 0.1) is 5.92 Å². The lowest BCUT2D eigenvalue weighted by molar-refractivity contribution is -0.161. The maximum absolute atomic E-state index is 12.3. The standard InChI is InChI=1S/C21H27NO4/c1-6-25-19(23)15(20(24)26-7-2)13-18-16(21(3,4)5)12-14-10-8-9-11-17(14)22-18/h8-12,15H,6-7,13H2,1-5H3. The molecule has 26 heavy (non-hydrogen) atoms. The minimum atomic E-state index is -1.01. The van der Waals surface area contributed by atoms with Crippen LogP contribution < -0.4 is 0 Å². The summed E-state index contributed by atoms with van der Waals surface area (Å²) < 4.78 is 10.2. The molecule has 0 fully saturated rings. The van der Waals surface area contributed by atoms with Crippen LogP contribution in [-0.4, -0.2) is 30.1 Å². The van der Waals surface area contributed by atoms with E-state index in [-0.39, 0.29) is 25.0 Å². The van der Waals surface area contributed by atoms with Gasteiger partial charge in [0.25, 0.3) is 0 Å². The van der Waals surface area contributed by atoms with Crippen molar-refractivity contribution in [1.29, 1.82) is 0 Å². The number of para-hydroxylation sites is 1. The summed E-state index contributed by atoms with van der Waals surface area (Å²) in [6, 6.07) is 9.91. The third-order valence-corrected chi connectivity index (χ3v) is 4.15. The number of carbonyl (C=O) groups excluding carboxylic acids is 2. The lowest BCUT2D eigenvalue weighted by Gasteiger charge is -2.24. The first-order valence-corrected chi connectivity index (χ1v) is 9.00. The zero-order valence-electron chi connectivity index (χ0n) is 16.2. The van der Waals surface area contributed by atoms with Gasteiger partial charge in [0, 0.05) is 17.5 Å². The molecule has 2 aromatic rings. The molecule has 0 bridgehead atoms. The molecule has 0 saturated carbocycles. The topological polar surface area (TPSA) is 65.5 Å². The maximum Gasteiger partial charge on any atom is 0.320 e. The van der Waals surface area contributed by atoms with Gasteiger partial charge in [-0.2, -0.15) is 0 Å². The fourth-order valence-corrected chi connectivity index (χ4v) is 2.90. The summed E-state index contributed by atoms with van der Waals surface area (Å²) in [4.78, 5) is 29.4. The molecule has 0 aliphatic heterocycles. The molecular weight excluding hydrogens is 330 g/mol. The van der Waals surface area contributed by atoms with Crippen LogP contribution in [0.15, 0.2) is 30.3 Å². The van der Waals surface area contributed by atoms with Gasteiger partial charge < -0.3 is 9.47 Å². The van der Waals surface area contributed by atoms with Crippen molar-refractivity contribution >= 4 is 22.8 Å². The van der Waals surface area contributed by atoms with Crippen LogP contribution in [0.5, 0.6) is 0 Å². The van der Waals surface area contributed by atoms with Gasteiger partial charge >= 0.3 is 11.9 Å². The van der Waals surface area contributed by atoms with Crippen molar-refractivity contribution in [3.63, 3.8) is 0 Å². The largest absolute Gasteiger partial charge is 0.465 e. The zero-order chi connectivity index (χ0) is 19.3. The third kappa shape index (κ3) is 4.59. The molecular formula is C21H27NO4. The quantitative estimate of drug-likeness (QED) is 0.581. The first kappa shape index (κ1) is 19.9. The number of benzene rings is 1. The van der Waals surface area contributed by atoms with E-state index in [1.54, 1.807) is 13.8 Å². The molecule has 0 atom stereocenters. The Kier molecular flexibility index (Phi) is 6.35. The lowest BCUT2D eigenvalue weighted by atomic mass is 9.83. The summed E-state index contributed by atoms with van der Waals surface area (Å²) in [5, 5.41) is 1.03. The van der Waals surface area contributed by atoms with Crippen molar-refractivity contribution in [2.24, 2.45) is 5.92 Å². The molecule has 0 aliphatic rings. The first-order valence-electron chi connectivity index (χ1n) is 9.00. The summed E-state index contributed by atoms with van der Waals surface area (Å²) in [5.74, 6) is -2.15. The Hall–Kier alpha value is -2.43. The Morgan fingerprint density at radius 3 is 2.15 bits per heavy atom. The van der Waals surface area contributed by atoms with Crippen molar-refractivity contribution < 1.29 is 19.1 Å². The van der Waals surface area contributed by atoms with Crippen LogP contribution >= 0.6 is 0 Å². The number of hydrogen-bond donors (Lipinski definition) is 0. The molecule has 2 rings (SSSR count). The second-order valence-corrected chi connectivity index (χ2v) is 7.19. The lowest BCUT2D eigenvalue weighted by Crippen LogP contribution is -2.31. The van der Waals surface area contributed by atoms with Gasteiger partial charge in [0.15, 0.2) is 5.92 Å². The van der Waals surface area contributed by atoms with Gasteiger partial charge in [0.2, 0.25) is 0 Å². The Balaban J connectivity index is 2.50. The molecule has 0 unspecified atom stereocenters. The van der Waals surface area contributed by atoms with E-state index in [2.05, 4.69) is 26.8 Å². The number of aromatic nitrogens is 1. The van der Waals surface area contributed by atoms with Gasteiger partial charge in [-0.05, 0) is 37.0 Å². The number of pyridine rings is 1. The van der Waals surface area contributed by atoms with Gasteiger partial charge in [0.1, 0.15) is 0 Å². The average molecular weight is 357 g/mol. The van der Waals surface area contributed by atoms with E-state index in [0.29, 0.717) is 0 Å². The minimum absolute atomic E-state index is 0.162. The van der Waals surface area contributed by atoms with Crippen molar-refractivity contribution in [3.05, 3.63) is 41.6 Å². The number of rotatable bonds is 6. The minimum Gasteiger partial charge on any atom is -0.465 e. The van der Waals surface area contributed by atoms with Crippen LogP contribution in [0.1, 0.15) is 45.9 Å². The molecule has 0 spiro atoms. The summed E-state index contributed by atoms with van der Waals surface area (Å²) >= 11 is 0. The SMILES string of the molecule is CCOC(=O)C(Cc1nc2ccccc2cc1C(C)(C)C)C(=O)OCC. The van der Waals surface area contributed by atoms with Crippen LogP contribution in [0.4, 0.5) is 0 Å². The molecule has 1 aromatic heterocycles. The normalized spacial score (nSPS) is 11.6. The molecule has 0 N–H and O–H groups in total. The maximum atomic E-state index is 12.3. The third-order valence-electron chi connectivity index (χ3n) is 4.15. The molecule has 0 aliphatic carbocycles. The molecule has 5 nitrogen and oxygen atoms in total. The molecule has 0 amide bonds.